The molecule has 0 radical (unpaired) electrons. The number of amides is 1. The number of carbonyl (C=O) groups is 1. The molecule has 0 saturated carbocycles. The largest absolute Gasteiger partial charge is 0.393 e. The number of anilines is 1. The SMILES string of the molecule is CC(C)C(CNC(=O)c1cccc(N)c1[N+](=O)[O-])C(C)C. The summed E-state index contributed by atoms with van der Waals surface area (Å²) in [7, 11) is 0. The maximum atomic E-state index is 12.2. The van der Waals surface area contributed by atoms with Gasteiger partial charge in [-0.3, -0.25) is 14.9 Å². The zero-order valence-corrected chi connectivity index (χ0v) is 12.9. The number of nitrogens with one attached hydrogen (secondary N) is 1. The van der Waals surface area contributed by atoms with E-state index in [0.717, 1.165) is 0 Å². The molecule has 21 heavy (non-hydrogen) atoms. The standard InChI is InChI=1S/C15H23N3O3/c1-9(2)12(10(3)4)8-17-15(19)11-6-5-7-13(16)14(11)18(20)21/h5-7,9-10,12H,8,16H2,1-4H3,(H,17,19). The first kappa shape index (κ1) is 16.9. The first-order chi connectivity index (χ1) is 9.75. The van der Waals surface area contributed by atoms with Gasteiger partial charge in [-0.1, -0.05) is 33.8 Å². The van der Waals surface area contributed by atoms with E-state index in [1.807, 2.05) is 0 Å². The highest BCUT2D eigenvalue weighted by Crippen LogP contribution is 2.26. The Balaban J connectivity index is 2.91. The summed E-state index contributed by atoms with van der Waals surface area (Å²) in [4.78, 5) is 22.6. The van der Waals surface area contributed by atoms with Crippen LogP contribution in [0.4, 0.5) is 11.4 Å². The van der Waals surface area contributed by atoms with Gasteiger partial charge in [0.15, 0.2) is 0 Å². The predicted molar refractivity (Wildman–Crippen MR) is 83.0 cm³/mol. The molecule has 1 amide bonds. The number of benzene rings is 1. The fraction of sp³-hybridized carbons (Fsp3) is 0.533. The Morgan fingerprint density at radius 3 is 2.33 bits per heavy atom. The molecular formula is C15H23N3O3. The molecule has 3 N–H and O–H groups in total. The van der Waals surface area contributed by atoms with Crippen LogP contribution in [0.25, 0.3) is 0 Å². The van der Waals surface area contributed by atoms with E-state index >= 15 is 0 Å². The van der Waals surface area contributed by atoms with E-state index in [0.29, 0.717) is 24.3 Å². The molecule has 6 nitrogen and oxygen atoms in total. The molecule has 116 valence electrons. The van der Waals surface area contributed by atoms with E-state index in [9.17, 15) is 14.9 Å². The van der Waals surface area contributed by atoms with Crippen molar-refractivity contribution in [2.24, 2.45) is 17.8 Å². The third-order valence-electron chi connectivity index (χ3n) is 3.71. The summed E-state index contributed by atoms with van der Waals surface area (Å²) in [5.74, 6) is 0.691. The van der Waals surface area contributed by atoms with Crippen molar-refractivity contribution < 1.29 is 9.72 Å². The number of nitro groups is 1. The van der Waals surface area contributed by atoms with E-state index in [2.05, 4.69) is 33.0 Å². The normalized spacial score (nSPS) is 11.2. The third kappa shape index (κ3) is 4.18. The van der Waals surface area contributed by atoms with E-state index in [-0.39, 0.29) is 16.9 Å². The van der Waals surface area contributed by atoms with Crippen molar-refractivity contribution in [1.82, 2.24) is 5.32 Å². The molecule has 1 rings (SSSR count). The van der Waals surface area contributed by atoms with Gasteiger partial charge in [0.1, 0.15) is 11.3 Å². The zero-order chi connectivity index (χ0) is 16.2. The fourth-order valence-electron chi connectivity index (χ4n) is 2.50. The molecule has 0 heterocycles. The number of hydrogen-bond donors (Lipinski definition) is 2. The molecule has 0 spiro atoms. The van der Waals surface area contributed by atoms with Gasteiger partial charge in [0.05, 0.1) is 4.92 Å². The molecule has 6 heteroatoms. The van der Waals surface area contributed by atoms with Gasteiger partial charge in [0.2, 0.25) is 0 Å². The smallest absolute Gasteiger partial charge is 0.304 e. The van der Waals surface area contributed by atoms with Crippen LogP contribution in [0.5, 0.6) is 0 Å². The topological polar surface area (TPSA) is 98.3 Å². The van der Waals surface area contributed by atoms with Gasteiger partial charge in [-0.2, -0.15) is 0 Å². The van der Waals surface area contributed by atoms with Crippen molar-refractivity contribution in [1.29, 1.82) is 0 Å². The van der Waals surface area contributed by atoms with Crippen LogP contribution in [0, 0.1) is 27.9 Å². The lowest BCUT2D eigenvalue weighted by molar-refractivity contribution is -0.384. The molecule has 0 aromatic heterocycles. The van der Waals surface area contributed by atoms with Crippen molar-refractivity contribution >= 4 is 17.3 Å². The molecule has 0 aliphatic heterocycles. The summed E-state index contributed by atoms with van der Waals surface area (Å²) in [6, 6.07) is 4.38. The van der Waals surface area contributed by atoms with Gasteiger partial charge in [0.25, 0.3) is 5.91 Å². The summed E-state index contributed by atoms with van der Waals surface area (Å²) in [6.45, 7) is 8.87. The Morgan fingerprint density at radius 1 is 1.29 bits per heavy atom. The molecule has 0 unspecified atom stereocenters. The summed E-state index contributed by atoms with van der Waals surface area (Å²) in [5.41, 5.74) is 5.26. The summed E-state index contributed by atoms with van der Waals surface area (Å²) in [5, 5.41) is 13.8. The van der Waals surface area contributed by atoms with Crippen LogP contribution in [-0.4, -0.2) is 17.4 Å². The van der Waals surface area contributed by atoms with Gasteiger partial charge < -0.3 is 11.1 Å². The molecule has 0 aliphatic carbocycles. The van der Waals surface area contributed by atoms with Gasteiger partial charge >= 0.3 is 5.69 Å². The molecule has 0 bridgehead atoms. The lowest BCUT2D eigenvalue weighted by Gasteiger charge is -2.25. The number of hydrogen-bond acceptors (Lipinski definition) is 4. The van der Waals surface area contributed by atoms with Gasteiger partial charge in [-0.25, -0.2) is 0 Å². The van der Waals surface area contributed by atoms with Crippen LogP contribution < -0.4 is 11.1 Å². The molecule has 0 atom stereocenters. The van der Waals surface area contributed by atoms with E-state index in [1.54, 1.807) is 6.07 Å². The number of para-hydroxylation sites is 1. The van der Waals surface area contributed by atoms with Crippen molar-refractivity contribution in [2.45, 2.75) is 27.7 Å². The van der Waals surface area contributed by atoms with Gasteiger partial charge in [-0.05, 0) is 29.9 Å². The first-order valence-electron chi connectivity index (χ1n) is 7.06. The quantitative estimate of drug-likeness (QED) is 0.478. The van der Waals surface area contributed by atoms with Crippen LogP contribution in [0.15, 0.2) is 18.2 Å². The summed E-state index contributed by atoms with van der Waals surface area (Å²) < 4.78 is 0. The van der Waals surface area contributed by atoms with Crippen molar-refractivity contribution in [3.8, 4) is 0 Å². The van der Waals surface area contributed by atoms with Crippen molar-refractivity contribution in [3.05, 3.63) is 33.9 Å². The second-order valence-corrected chi connectivity index (χ2v) is 5.86. The number of nitrogen functional groups attached to an aromatic ring is 1. The summed E-state index contributed by atoms with van der Waals surface area (Å²) in [6.07, 6.45) is 0. The van der Waals surface area contributed by atoms with Crippen molar-refractivity contribution in [2.75, 3.05) is 12.3 Å². The number of nitrogens with zero attached hydrogens (tertiary/aromatic N) is 1. The van der Waals surface area contributed by atoms with Crippen LogP contribution in [0.3, 0.4) is 0 Å². The Bertz CT molecular complexity index is 519. The molecule has 1 aromatic rings. The fourth-order valence-corrected chi connectivity index (χ4v) is 2.50. The lowest BCUT2D eigenvalue weighted by atomic mass is 9.85. The number of nitrogens with two attached hydrogens (primary N) is 1. The van der Waals surface area contributed by atoms with Crippen LogP contribution in [0.2, 0.25) is 0 Å². The van der Waals surface area contributed by atoms with Crippen LogP contribution >= 0.6 is 0 Å². The maximum Gasteiger partial charge on any atom is 0.304 e. The van der Waals surface area contributed by atoms with E-state index in [1.165, 1.54) is 12.1 Å². The number of rotatable bonds is 6. The lowest BCUT2D eigenvalue weighted by Crippen LogP contribution is -2.34. The van der Waals surface area contributed by atoms with Gasteiger partial charge in [0, 0.05) is 6.54 Å². The number of carbonyl (C=O) groups excluding carboxylic acids is 1. The first-order valence-corrected chi connectivity index (χ1v) is 7.06. The molecule has 0 saturated heterocycles. The third-order valence-corrected chi connectivity index (χ3v) is 3.71. The minimum Gasteiger partial charge on any atom is -0.393 e. The maximum absolute atomic E-state index is 12.2. The second kappa shape index (κ2) is 7.06. The molecule has 0 aliphatic rings. The minimum atomic E-state index is -0.618. The monoisotopic (exact) mass is 293 g/mol. The average molecular weight is 293 g/mol. The van der Waals surface area contributed by atoms with Crippen LogP contribution in [-0.2, 0) is 0 Å². The highest BCUT2D eigenvalue weighted by molar-refractivity contribution is 6.00. The Labute approximate surface area is 124 Å². The number of nitro benzene ring substituents is 1. The molecule has 0 fully saturated rings. The molecule has 1 aromatic carbocycles. The van der Waals surface area contributed by atoms with Gasteiger partial charge in [-0.15, -0.1) is 0 Å². The molecular weight excluding hydrogens is 270 g/mol. The highest BCUT2D eigenvalue weighted by Gasteiger charge is 2.24. The zero-order valence-electron chi connectivity index (χ0n) is 12.9. The minimum absolute atomic E-state index is 0.00285. The Hall–Kier alpha value is -2.11. The van der Waals surface area contributed by atoms with Crippen molar-refractivity contribution in [3.63, 3.8) is 0 Å². The summed E-state index contributed by atoms with van der Waals surface area (Å²) >= 11 is 0. The predicted octanol–water partition coefficient (Wildman–Crippen LogP) is 2.84. The van der Waals surface area contributed by atoms with Crippen LogP contribution in [0.1, 0.15) is 38.1 Å². The average Bonchev–Trinajstić information content (AvgIpc) is 2.36. The van der Waals surface area contributed by atoms with E-state index in [4.69, 9.17) is 5.73 Å². The van der Waals surface area contributed by atoms with E-state index < -0.39 is 10.8 Å². The Morgan fingerprint density at radius 2 is 1.86 bits per heavy atom. The Kier molecular flexibility index (Phi) is 5.69. The second-order valence-electron chi connectivity index (χ2n) is 5.86. The highest BCUT2D eigenvalue weighted by atomic mass is 16.6.